The Balaban J connectivity index is 2.58. The molecule has 0 aromatic heterocycles. The number of alkyl carbamates (subject to hydrolysis) is 1. The Kier molecular flexibility index (Phi) is 6.64. The van der Waals surface area contributed by atoms with Gasteiger partial charge >= 0.3 is 12.1 Å². The van der Waals surface area contributed by atoms with Gasteiger partial charge < -0.3 is 15.2 Å². The lowest BCUT2D eigenvalue weighted by Crippen LogP contribution is -2.55. The maximum Gasteiger partial charge on any atom is 0.408 e. The number of ether oxygens (including phenoxy) is 1. The second-order valence-electron chi connectivity index (χ2n) is 8.06. The van der Waals surface area contributed by atoms with Gasteiger partial charge in [-0.15, -0.1) is 0 Å². The first-order valence-corrected chi connectivity index (χ1v) is 9.44. The summed E-state index contributed by atoms with van der Waals surface area (Å²) in [6.07, 6.45) is 2.86. The van der Waals surface area contributed by atoms with Gasteiger partial charge in [0.15, 0.2) is 0 Å². The number of carboxylic acids is 1. The summed E-state index contributed by atoms with van der Waals surface area (Å²) in [6.45, 7) is 6.68. The minimum atomic E-state index is -1.75. The number of carbonyl (C=O) groups excluding carboxylic acids is 1. The summed E-state index contributed by atoms with van der Waals surface area (Å²) in [5.41, 5.74) is -2.41. The number of allylic oxidation sites excluding steroid dienone is 1. The Labute approximate surface area is 173 Å². The van der Waals surface area contributed by atoms with Crippen LogP contribution in [-0.2, 0) is 9.53 Å². The van der Waals surface area contributed by atoms with Gasteiger partial charge in [-0.2, -0.15) is 0 Å². The smallest absolute Gasteiger partial charge is 0.408 e. The molecule has 0 bridgehead atoms. The molecule has 0 saturated carbocycles. The lowest BCUT2D eigenvalue weighted by atomic mass is 9.64. The van der Waals surface area contributed by atoms with Crippen LogP contribution < -0.4 is 5.32 Å². The highest BCUT2D eigenvalue weighted by molar-refractivity contribution is 5.82. The average molecular weight is 420 g/mol. The Morgan fingerprint density at radius 3 is 2.40 bits per heavy atom. The van der Waals surface area contributed by atoms with Gasteiger partial charge in [0.2, 0.25) is 0 Å². The molecule has 2 N–H and O–H groups in total. The Bertz CT molecular complexity index is 888. The van der Waals surface area contributed by atoms with Crippen LogP contribution in [0.5, 0.6) is 0 Å². The maximum absolute atomic E-state index is 13.4. The van der Waals surface area contributed by atoms with Crippen molar-refractivity contribution in [3.8, 4) is 0 Å². The normalized spacial score (nSPS) is 22.0. The average Bonchev–Trinajstić information content (AvgIpc) is 2.62. The highest BCUT2D eigenvalue weighted by atomic mass is 19.1. The van der Waals surface area contributed by atoms with Gasteiger partial charge in [-0.25, -0.2) is 9.18 Å². The topological polar surface area (TPSA) is 119 Å². The summed E-state index contributed by atoms with van der Waals surface area (Å²) in [5, 5.41) is 24.0. The summed E-state index contributed by atoms with van der Waals surface area (Å²) >= 11 is 0. The monoisotopic (exact) mass is 420 g/mol. The zero-order chi connectivity index (χ0) is 22.7. The van der Waals surface area contributed by atoms with E-state index < -0.39 is 45.8 Å². The van der Waals surface area contributed by atoms with Crippen LogP contribution in [0, 0.1) is 21.3 Å². The van der Waals surface area contributed by atoms with Crippen molar-refractivity contribution in [2.24, 2.45) is 5.41 Å². The summed E-state index contributed by atoms with van der Waals surface area (Å²) in [6, 6.07) is 4.10. The van der Waals surface area contributed by atoms with Crippen molar-refractivity contribution in [2.75, 3.05) is 0 Å². The number of nitrogens with one attached hydrogen (secondary N) is 1. The molecule has 30 heavy (non-hydrogen) atoms. The first-order chi connectivity index (χ1) is 13.9. The van der Waals surface area contributed by atoms with Gasteiger partial charge in [-0.05, 0) is 44.9 Å². The molecule has 2 unspecified atom stereocenters. The molecule has 1 amide bonds. The molecular weight excluding hydrogens is 395 g/mol. The van der Waals surface area contributed by atoms with Crippen LogP contribution in [0.1, 0.15) is 45.6 Å². The first-order valence-electron chi connectivity index (χ1n) is 9.44. The van der Waals surface area contributed by atoms with Crippen molar-refractivity contribution in [1.29, 1.82) is 0 Å². The molecule has 1 aromatic carbocycles. The Hall–Kier alpha value is -3.23. The summed E-state index contributed by atoms with van der Waals surface area (Å²) in [5.74, 6) is -2.47. The van der Waals surface area contributed by atoms with Gasteiger partial charge in [0.25, 0.3) is 5.70 Å². The number of amides is 1. The van der Waals surface area contributed by atoms with Gasteiger partial charge in [0.05, 0.1) is 11.0 Å². The Morgan fingerprint density at radius 1 is 1.33 bits per heavy atom. The first kappa shape index (κ1) is 23.1. The molecule has 162 valence electrons. The third-order valence-electron chi connectivity index (χ3n) is 4.89. The van der Waals surface area contributed by atoms with E-state index >= 15 is 0 Å². The molecule has 1 aromatic rings. The van der Waals surface area contributed by atoms with Gasteiger partial charge in [-0.1, -0.05) is 25.1 Å². The molecule has 0 spiro atoms. The standard InChI is InChI=1S/C21H25FN2O6/c1-5-16(13-6-8-14(22)9-7-13)21(18(25)26)11-10-15(24(28)29)12-17(21)23-19(27)30-20(2,3)4/h6-12,16-17H,5H2,1-4H3,(H,23,27)(H,25,26)/t16?,17-,21?/m0/s1. The predicted octanol–water partition coefficient (Wildman–Crippen LogP) is 4.01. The molecule has 0 fully saturated rings. The van der Waals surface area contributed by atoms with Crippen molar-refractivity contribution in [1.82, 2.24) is 5.32 Å². The van der Waals surface area contributed by atoms with Crippen molar-refractivity contribution >= 4 is 12.1 Å². The van der Waals surface area contributed by atoms with E-state index in [0.29, 0.717) is 12.0 Å². The summed E-state index contributed by atoms with van der Waals surface area (Å²) < 4.78 is 18.6. The second-order valence-corrected chi connectivity index (χ2v) is 8.06. The van der Waals surface area contributed by atoms with Crippen LogP contribution in [0.4, 0.5) is 9.18 Å². The van der Waals surface area contributed by atoms with Crippen LogP contribution in [0.15, 0.2) is 48.2 Å². The molecule has 0 saturated heterocycles. The molecule has 3 atom stereocenters. The number of aliphatic carboxylic acids is 1. The minimum absolute atomic E-state index is 0.316. The number of rotatable bonds is 6. The minimum Gasteiger partial charge on any atom is -0.481 e. The molecule has 1 aliphatic rings. The van der Waals surface area contributed by atoms with E-state index in [1.54, 1.807) is 27.7 Å². The number of benzene rings is 1. The number of halogens is 1. The lowest BCUT2D eigenvalue weighted by molar-refractivity contribution is -0.419. The second kappa shape index (κ2) is 8.64. The molecule has 1 aliphatic carbocycles. The maximum atomic E-state index is 13.4. The highest BCUT2D eigenvalue weighted by Gasteiger charge is 2.52. The van der Waals surface area contributed by atoms with Crippen molar-refractivity contribution in [3.63, 3.8) is 0 Å². The molecular formula is C21H25FN2O6. The molecule has 0 aliphatic heterocycles. The Morgan fingerprint density at radius 2 is 1.93 bits per heavy atom. The third-order valence-corrected chi connectivity index (χ3v) is 4.89. The van der Waals surface area contributed by atoms with Crippen LogP contribution in [0.3, 0.4) is 0 Å². The van der Waals surface area contributed by atoms with E-state index in [9.17, 15) is 29.2 Å². The number of nitro groups is 1. The third kappa shape index (κ3) is 4.84. The summed E-state index contributed by atoms with van der Waals surface area (Å²) in [7, 11) is 0. The van der Waals surface area contributed by atoms with Crippen LogP contribution >= 0.6 is 0 Å². The van der Waals surface area contributed by atoms with E-state index in [0.717, 1.165) is 12.2 Å². The predicted molar refractivity (Wildman–Crippen MR) is 107 cm³/mol. The highest BCUT2D eigenvalue weighted by Crippen LogP contribution is 2.46. The van der Waals surface area contributed by atoms with E-state index in [2.05, 4.69) is 5.32 Å². The van der Waals surface area contributed by atoms with Crippen molar-refractivity contribution < 1.29 is 28.7 Å². The fraction of sp³-hybridized carbons (Fsp3) is 0.429. The van der Waals surface area contributed by atoms with Crippen molar-refractivity contribution in [3.05, 3.63) is 69.7 Å². The lowest BCUT2D eigenvalue weighted by Gasteiger charge is -2.41. The molecule has 2 rings (SSSR count). The van der Waals surface area contributed by atoms with Gasteiger partial charge in [-0.3, -0.25) is 14.9 Å². The largest absolute Gasteiger partial charge is 0.481 e. The SMILES string of the molecule is CCC(c1ccc(F)cc1)C1(C(=O)O)C=CC([N+](=O)[O-])=C[C@@H]1NC(=O)OC(C)(C)C. The number of nitrogens with zero attached hydrogens (tertiary/aromatic N) is 1. The zero-order valence-corrected chi connectivity index (χ0v) is 17.2. The number of hydrogen-bond acceptors (Lipinski definition) is 5. The molecule has 0 radical (unpaired) electrons. The van der Waals surface area contributed by atoms with Crippen molar-refractivity contribution in [2.45, 2.75) is 51.7 Å². The van der Waals surface area contributed by atoms with E-state index in [1.807, 2.05) is 0 Å². The molecule has 9 heteroatoms. The van der Waals surface area contributed by atoms with Gasteiger partial charge in [0, 0.05) is 18.1 Å². The van der Waals surface area contributed by atoms with E-state index in [4.69, 9.17) is 4.74 Å². The molecule has 0 heterocycles. The zero-order valence-electron chi connectivity index (χ0n) is 17.2. The van der Waals surface area contributed by atoms with E-state index in [-0.39, 0.29) is 5.70 Å². The fourth-order valence-corrected chi connectivity index (χ4v) is 3.64. The van der Waals surface area contributed by atoms with Gasteiger partial charge in [0.1, 0.15) is 16.8 Å². The molecule has 8 nitrogen and oxygen atoms in total. The van der Waals surface area contributed by atoms with Crippen LogP contribution in [-0.4, -0.2) is 33.7 Å². The number of carbonyl (C=O) groups is 2. The number of hydrogen-bond donors (Lipinski definition) is 2. The quantitative estimate of drug-likeness (QED) is 0.530. The summed E-state index contributed by atoms with van der Waals surface area (Å²) in [4.78, 5) is 35.6. The van der Waals surface area contributed by atoms with Crippen LogP contribution in [0.2, 0.25) is 0 Å². The number of carboxylic acid groups (broad SMARTS) is 1. The fourth-order valence-electron chi connectivity index (χ4n) is 3.64. The van der Waals surface area contributed by atoms with Crippen LogP contribution in [0.25, 0.3) is 0 Å². The van der Waals surface area contributed by atoms with E-state index in [1.165, 1.54) is 30.3 Å².